The maximum Gasteiger partial charge on any atom is 0.306 e. The Balaban J connectivity index is 1.46. The summed E-state index contributed by atoms with van der Waals surface area (Å²) >= 11 is 3.39. The number of rotatable bonds is 4. The molecular formula is C22H31BrO3. The highest BCUT2D eigenvalue weighted by Gasteiger charge is 2.55. The van der Waals surface area contributed by atoms with E-state index in [-0.39, 0.29) is 17.5 Å². The molecule has 0 radical (unpaired) electrons. The highest BCUT2D eigenvalue weighted by atomic mass is 79.9. The van der Waals surface area contributed by atoms with Gasteiger partial charge in [-0.1, -0.05) is 28.4 Å². The number of ether oxygens (including phenoxy) is 1. The van der Waals surface area contributed by atoms with Gasteiger partial charge in [-0.15, -0.1) is 0 Å². The summed E-state index contributed by atoms with van der Waals surface area (Å²) in [6.45, 7) is 2.43. The summed E-state index contributed by atoms with van der Waals surface area (Å²) in [5.74, 6) is 3.10. The fourth-order valence-corrected chi connectivity index (χ4v) is 7.03. The molecule has 0 saturated heterocycles. The van der Waals surface area contributed by atoms with E-state index in [0.717, 1.165) is 55.2 Å². The predicted octanol–water partition coefficient (Wildman–Crippen LogP) is 5.22. The zero-order chi connectivity index (χ0) is 18.3. The number of allylic oxidation sites excluding steroid dienone is 1. The second-order valence-corrected chi connectivity index (χ2v) is 9.96. The molecule has 4 aliphatic carbocycles. The van der Waals surface area contributed by atoms with Crippen molar-refractivity contribution in [2.45, 2.75) is 77.2 Å². The van der Waals surface area contributed by atoms with Crippen LogP contribution in [0.2, 0.25) is 0 Å². The van der Waals surface area contributed by atoms with Crippen molar-refractivity contribution in [3.63, 3.8) is 0 Å². The zero-order valence-electron chi connectivity index (χ0n) is 15.8. The number of esters is 1. The van der Waals surface area contributed by atoms with E-state index in [0.29, 0.717) is 18.1 Å². The Bertz CT molecular complexity index is 613. The summed E-state index contributed by atoms with van der Waals surface area (Å²) < 4.78 is 5.89. The lowest BCUT2D eigenvalue weighted by Crippen LogP contribution is -2.48. The summed E-state index contributed by atoms with van der Waals surface area (Å²) in [4.78, 5) is 24.0. The maximum atomic E-state index is 12.1. The summed E-state index contributed by atoms with van der Waals surface area (Å²) in [5.41, 5.74) is 1.68. The van der Waals surface area contributed by atoms with Gasteiger partial charge in [-0.25, -0.2) is 0 Å². The van der Waals surface area contributed by atoms with Crippen LogP contribution in [-0.2, 0) is 14.3 Å². The third kappa shape index (κ3) is 3.21. The SMILES string of the molecule is C[C@]12CCC(=O)C=C1CC[C@H]1[C@@H]3CC[C@H](OC(=O)CCCBr)C3CC[C@@H]12. The van der Waals surface area contributed by atoms with Gasteiger partial charge in [0, 0.05) is 18.2 Å². The number of halogens is 1. The number of carbonyl (C=O) groups is 2. The Kier molecular flexibility index (Phi) is 5.33. The first-order valence-corrected chi connectivity index (χ1v) is 11.6. The van der Waals surface area contributed by atoms with Gasteiger partial charge in [0.1, 0.15) is 6.10 Å². The van der Waals surface area contributed by atoms with Gasteiger partial charge in [-0.2, -0.15) is 0 Å². The molecule has 144 valence electrons. The Morgan fingerprint density at radius 2 is 1.96 bits per heavy atom. The van der Waals surface area contributed by atoms with Gasteiger partial charge in [0.05, 0.1) is 0 Å². The molecule has 6 atom stereocenters. The molecule has 0 N–H and O–H groups in total. The first kappa shape index (κ1) is 18.7. The highest BCUT2D eigenvalue weighted by molar-refractivity contribution is 9.09. The van der Waals surface area contributed by atoms with Crippen LogP contribution in [0.1, 0.15) is 71.1 Å². The molecule has 0 bridgehead atoms. The molecule has 0 spiro atoms. The number of ketones is 1. The van der Waals surface area contributed by atoms with Gasteiger partial charge in [0.25, 0.3) is 0 Å². The van der Waals surface area contributed by atoms with E-state index in [2.05, 4.69) is 22.9 Å². The van der Waals surface area contributed by atoms with Crippen LogP contribution < -0.4 is 0 Å². The van der Waals surface area contributed by atoms with E-state index in [9.17, 15) is 9.59 Å². The molecule has 4 rings (SSSR count). The smallest absolute Gasteiger partial charge is 0.306 e. The minimum Gasteiger partial charge on any atom is -0.462 e. The van der Waals surface area contributed by atoms with Crippen molar-refractivity contribution in [1.29, 1.82) is 0 Å². The number of hydrogen-bond acceptors (Lipinski definition) is 3. The number of hydrogen-bond donors (Lipinski definition) is 0. The molecule has 3 fully saturated rings. The molecule has 0 aliphatic heterocycles. The lowest BCUT2D eigenvalue weighted by Gasteiger charge is -2.55. The van der Waals surface area contributed by atoms with Crippen LogP contribution in [0, 0.1) is 29.1 Å². The highest BCUT2D eigenvalue weighted by Crippen LogP contribution is 2.61. The van der Waals surface area contributed by atoms with Gasteiger partial charge in [0.15, 0.2) is 5.78 Å². The molecule has 0 aromatic rings. The van der Waals surface area contributed by atoms with Gasteiger partial charge in [0.2, 0.25) is 0 Å². The van der Waals surface area contributed by atoms with Crippen molar-refractivity contribution in [1.82, 2.24) is 0 Å². The molecule has 0 amide bonds. The number of carbonyl (C=O) groups excluding carboxylic acids is 2. The fourth-order valence-electron chi connectivity index (χ4n) is 6.75. The molecule has 0 heterocycles. The lowest BCUT2D eigenvalue weighted by molar-refractivity contribution is -0.152. The molecule has 26 heavy (non-hydrogen) atoms. The molecular weight excluding hydrogens is 392 g/mol. The summed E-state index contributed by atoms with van der Waals surface area (Å²) in [6, 6.07) is 0. The summed E-state index contributed by atoms with van der Waals surface area (Å²) in [7, 11) is 0. The van der Waals surface area contributed by atoms with Crippen LogP contribution >= 0.6 is 15.9 Å². The fraction of sp³-hybridized carbons (Fsp3) is 0.818. The monoisotopic (exact) mass is 422 g/mol. The van der Waals surface area contributed by atoms with Crippen LogP contribution in [0.5, 0.6) is 0 Å². The summed E-state index contributed by atoms with van der Waals surface area (Å²) in [5, 5.41) is 0.861. The van der Waals surface area contributed by atoms with Crippen LogP contribution in [0.3, 0.4) is 0 Å². The van der Waals surface area contributed by atoms with Crippen LogP contribution in [0.15, 0.2) is 11.6 Å². The Morgan fingerprint density at radius 3 is 2.77 bits per heavy atom. The lowest BCUT2D eigenvalue weighted by atomic mass is 9.50. The maximum absolute atomic E-state index is 12.1. The molecule has 1 unspecified atom stereocenters. The van der Waals surface area contributed by atoms with E-state index in [4.69, 9.17) is 4.74 Å². The van der Waals surface area contributed by atoms with E-state index in [1.165, 1.54) is 31.3 Å². The predicted molar refractivity (Wildman–Crippen MR) is 105 cm³/mol. The van der Waals surface area contributed by atoms with E-state index in [1.54, 1.807) is 0 Å². The third-order valence-corrected chi connectivity index (χ3v) is 8.57. The standard InChI is InChI=1S/C22H31BrO3/c1-22-11-10-15(24)13-14(22)4-5-17-16-7-9-20(18(16)6-8-19(17)22)26-21(25)3-2-12-23/h13,16-20H,2-12H2,1H3/t16-,17-,18?,19-,20-,22-/m0/s1. The Hall–Kier alpha value is -0.640. The van der Waals surface area contributed by atoms with Crippen LogP contribution in [-0.4, -0.2) is 23.2 Å². The molecule has 3 saturated carbocycles. The van der Waals surface area contributed by atoms with E-state index in [1.807, 2.05) is 6.08 Å². The Labute approximate surface area is 165 Å². The molecule has 0 aromatic heterocycles. The zero-order valence-corrected chi connectivity index (χ0v) is 17.4. The normalized spacial score (nSPS) is 41.7. The van der Waals surface area contributed by atoms with Crippen LogP contribution in [0.4, 0.5) is 0 Å². The van der Waals surface area contributed by atoms with Crippen molar-refractivity contribution >= 4 is 27.7 Å². The minimum atomic E-state index is -0.0103. The molecule has 0 aromatic carbocycles. The average molecular weight is 423 g/mol. The van der Waals surface area contributed by atoms with Crippen molar-refractivity contribution in [2.24, 2.45) is 29.1 Å². The quantitative estimate of drug-likeness (QED) is 0.460. The largest absolute Gasteiger partial charge is 0.462 e. The van der Waals surface area contributed by atoms with E-state index < -0.39 is 0 Å². The van der Waals surface area contributed by atoms with Crippen molar-refractivity contribution in [2.75, 3.05) is 5.33 Å². The van der Waals surface area contributed by atoms with Crippen molar-refractivity contribution < 1.29 is 14.3 Å². The van der Waals surface area contributed by atoms with Gasteiger partial charge in [-0.05, 0) is 86.5 Å². The van der Waals surface area contributed by atoms with Crippen molar-refractivity contribution in [3.8, 4) is 0 Å². The van der Waals surface area contributed by atoms with Crippen molar-refractivity contribution in [3.05, 3.63) is 11.6 Å². The van der Waals surface area contributed by atoms with E-state index >= 15 is 0 Å². The second kappa shape index (κ2) is 7.41. The summed E-state index contributed by atoms with van der Waals surface area (Å²) in [6.07, 6.45) is 12.3. The van der Waals surface area contributed by atoms with Gasteiger partial charge < -0.3 is 4.74 Å². The number of alkyl halides is 1. The molecule has 3 nitrogen and oxygen atoms in total. The number of fused-ring (bicyclic) bond motifs is 5. The van der Waals surface area contributed by atoms with Gasteiger partial charge in [-0.3, -0.25) is 9.59 Å². The minimum absolute atomic E-state index is 0.0103. The first-order chi connectivity index (χ1) is 12.5. The third-order valence-electron chi connectivity index (χ3n) is 8.01. The molecule has 4 heteroatoms. The Morgan fingerprint density at radius 1 is 1.15 bits per heavy atom. The molecule has 4 aliphatic rings. The first-order valence-electron chi connectivity index (χ1n) is 10.5. The van der Waals surface area contributed by atoms with Gasteiger partial charge >= 0.3 is 5.97 Å². The topological polar surface area (TPSA) is 43.4 Å². The average Bonchev–Trinajstić information content (AvgIpc) is 3.03. The second-order valence-electron chi connectivity index (χ2n) is 9.17. The van der Waals surface area contributed by atoms with Crippen LogP contribution in [0.25, 0.3) is 0 Å².